The molecule has 0 unspecified atom stereocenters. The fourth-order valence-corrected chi connectivity index (χ4v) is 4.26. The molecule has 0 radical (unpaired) electrons. The van der Waals surface area contributed by atoms with Crippen molar-refractivity contribution in [2.24, 2.45) is 5.41 Å². The lowest BCUT2D eigenvalue weighted by molar-refractivity contribution is -0.122. The van der Waals surface area contributed by atoms with Crippen LogP contribution in [0.25, 0.3) is 12.2 Å². The third-order valence-electron chi connectivity index (χ3n) is 4.20. The number of Topliss-reactive ketones (excluding diaryl/α,β-unsaturated/α-hetero) is 1. The van der Waals surface area contributed by atoms with Crippen LogP contribution in [0.4, 0.5) is 0 Å². The summed E-state index contributed by atoms with van der Waals surface area (Å²) in [4.78, 5) is 37.9. The molecule has 0 saturated heterocycles. The van der Waals surface area contributed by atoms with Crippen molar-refractivity contribution in [1.29, 1.82) is 0 Å². The summed E-state index contributed by atoms with van der Waals surface area (Å²) in [6.45, 7) is 9.41. The number of thiazole rings is 1. The number of carbonyl (C=O) groups excluding carboxylic acids is 2. The van der Waals surface area contributed by atoms with Gasteiger partial charge in [0.2, 0.25) is 5.91 Å². The van der Waals surface area contributed by atoms with Gasteiger partial charge in [0.1, 0.15) is 11.2 Å². The van der Waals surface area contributed by atoms with Gasteiger partial charge in [-0.1, -0.05) is 34.1 Å². The lowest BCUT2D eigenvalue weighted by Gasteiger charge is -2.14. The molecule has 2 aromatic heterocycles. The highest BCUT2D eigenvalue weighted by atomic mass is 32.1. The summed E-state index contributed by atoms with van der Waals surface area (Å²) in [5, 5.41) is 6.81. The van der Waals surface area contributed by atoms with Gasteiger partial charge in [0.25, 0.3) is 5.56 Å². The molecule has 5 nitrogen and oxygen atoms in total. The molecule has 0 aliphatic rings. The number of hydrogen-bond donors (Lipinski definition) is 1. The molecule has 152 valence electrons. The summed E-state index contributed by atoms with van der Waals surface area (Å²) in [7, 11) is 0. The molecule has 0 aromatic carbocycles. The molecule has 0 fully saturated rings. The zero-order valence-electron chi connectivity index (χ0n) is 17.1. The Morgan fingerprint density at radius 3 is 2.61 bits per heavy atom. The van der Waals surface area contributed by atoms with Crippen molar-refractivity contribution in [2.45, 2.75) is 60.0 Å². The Balaban J connectivity index is 2.48. The first kappa shape index (κ1) is 22.3. The first-order valence-corrected chi connectivity index (χ1v) is 11.2. The standard InChI is InChI=1S/C21H28N2O3S2/c1-6-7-14(2)22-18(25)12-23-19(11-17(24)21(3,4)5)28-16(20(23)26)10-15-8-9-27-13-15/h8-11,13-14H,6-7,12H2,1-5H3,(H,22,25)/b16-10+,19-11-/t14-/m1/s1. The minimum absolute atomic E-state index is 0.0484. The van der Waals surface area contributed by atoms with Crippen molar-refractivity contribution in [3.05, 3.63) is 41.9 Å². The molecule has 7 heteroatoms. The normalized spacial score (nSPS) is 14.3. The van der Waals surface area contributed by atoms with E-state index in [2.05, 4.69) is 12.2 Å². The van der Waals surface area contributed by atoms with Crippen LogP contribution in [0.5, 0.6) is 0 Å². The molecule has 2 heterocycles. The third-order valence-corrected chi connectivity index (χ3v) is 5.96. The Morgan fingerprint density at radius 2 is 2.04 bits per heavy atom. The fraction of sp³-hybridized carbons (Fsp3) is 0.476. The molecule has 0 aliphatic heterocycles. The fourth-order valence-electron chi connectivity index (χ4n) is 2.60. The van der Waals surface area contributed by atoms with E-state index in [0.717, 1.165) is 18.4 Å². The maximum absolute atomic E-state index is 12.9. The van der Waals surface area contributed by atoms with E-state index in [-0.39, 0.29) is 29.8 Å². The van der Waals surface area contributed by atoms with Crippen molar-refractivity contribution in [3.8, 4) is 0 Å². The van der Waals surface area contributed by atoms with Gasteiger partial charge in [-0.3, -0.25) is 19.0 Å². The number of rotatable bonds is 7. The lowest BCUT2D eigenvalue weighted by atomic mass is 9.91. The van der Waals surface area contributed by atoms with Gasteiger partial charge in [-0.05, 0) is 41.8 Å². The van der Waals surface area contributed by atoms with E-state index >= 15 is 0 Å². The molecule has 2 rings (SSSR count). The summed E-state index contributed by atoms with van der Waals surface area (Å²) in [6, 6.07) is 1.98. The molecule has 0 bridgehead atoms. The molecule has 0 saturated carbocycles. The molecule has 2 aromatic rings. The Labute approximate surface area is 173 Å². The van der Waals surface area contributed by atoms with E-state index in [1.165, 1.54) is 22.0 Å². The number of thiophene rings is 1. The van der Waals surface area contributed by atoms with Crippen LogP contribution in [0.1, 0.15) is 53.0 Å². The van der Waals surface area contributed by atoms with Crippen LogP contribution in [-0.4, -0.2) is 22.3 Å². The SMILES string of the molecule is CCC[C@@H](C)NC(=O)Cn1c(=O)/c(=C\c2ccsc2)s/c1=C\C(=O)C(C)(C)C. The van der Waals surface area contributed by atoms with E-state index < -0.39 is 5.41 Å². The van der Waals surface area contributed by atoms with E-state index in [0.29, 0.717) is 9.20 Å². The van der Waals surface area contributed by atoms with Crippen LogP contribution in [0.3, 0.4) is 0 Å². The molecular weight excluding hydrogens is 392 g/mol. The van der Waals surface area contributed by atoms with Crippen LogP contribution >= 0.6 is 22.7 Å². The molecule has 28 heavy (non-hydrogen) atoms. The van der Waals surface area contributed by atoms with E-state index in [4.69, 9.17) is 0 Å². The zero-order valence-corrected chi connectivity index (χ0v) is 18.7. The summed E-state index contributed by atoms with van der Waals surface area (Å²) in [6.07, 6.45) is 5.14. The van der Waals surface area contributed by atoms with Gasteiger partial charge in [0.05, 0.1) is 4.53 Å². The van der Waals surface area contributed by atoms with Crippen molar-refractivity contribution < 1.29 is 9.59 Å². The Morgan fingerprint density at radius 1 is 1.32 bits per heavy atom. The smallest absolute Gasteiger partial charge is 0.269 e. The van der Waals surface area contributed by atoms with Crippen LogP contribution < -0.4 is 20.1 Å². The van der Waals surface area contributed by atoms with Crippen LogP contribution in [0.15, 0.2) is 21.6 Å². The third kappa shape index (κ3) is 6.01. The minimum atomic E-state index is -0.556. The topological polar surface area (TPSA) is 68.2 Å². The summed E-state index contributed by atoms with van der Waals surface area (Å²) in [5.74, 6) is -0.301. The number of hydrogen-bond acceptors (Lipinski definition) is 5. The Kier molecular flexibility index (Phi) is 7.55. The Hall–Kier alpha value is -1.99. The number of amides is 1. The second kappa shape index (κ2) is 9.47. The molecule has 0 aliphatic carbocycles. The molecule has 1 N–H and O–H groups in total. The van der Waals surface area contributed by atoms with Gasteiger partial charge in [-0.25, -0.2) is 0 Å². The first-order valence-electron chi connectivity index (χ1n) is 9.41. The predicted octanol–water partition coefficient (Wildman–Crippen LogP) is 2.50. The largest absolute Gasteiger partial charge is 0.352 e. The average molecular weight is 421 g/mol. The highest BCUT2D eigenvalue weighted by Crippen LogP contribution is 2.14. The molecule has 1 amide bonds. The van der Waals surface area contributed by atoms with Gasteiger partial charge in [-0.2, -0.15) is 11.3 Å². The number of nitrogens with one attached hydrogen (secondary N) is 1. The van der Waals surface area contributed by atoms with Gasteiger partial charge in [-0.15, -0.1) is 11.3 Å². The maximum Gasteiger partial charge on any atom is 0.269 e. The average Bonchev–Trinajstić information content (AvgIpc) is 3.18. The minimum Gasteiger partial charge on any atom is -0.352 e. The Bertz CT molecular complexity index is 992. The second-order valence-electron chi connectivity index (χ2n) is 7.91. The van der Waals surface area contributed by atoms with Crippen molar-refractivity contribution >= 4 is 46.5 Å². The van der Waals surface area contributed by atoms with Gasteiger partial charge < -0.3 is 5.32 Å². The summed E-state index contributed by atoms with van der Waals surface area (Å²) >= 11 is 2.79. The zero-order chi connectivity index (χ0) is 20.9. The number of carbonyl (C=O) groups is 2. The highest BCUT2D eigenvalue weighted by Gasteiger charge is 2.20. The van der Waals surface area contributed by atoms with Gasteiger partial charge in [0.15, 0.2) is 5.78 Å². The van der Waals surface area contributed by atoms with E-state index in [9.17, 15) is 14.4 Å². The van der Waals surface area contributed by atoms with Crippen LogP contribution in [0.2, 0.25) is 0 Å². The number of nitrogens with zero attached hydrogens (tertiary/aromatic N) is 1. The van der Waals surface area contributed by atoms with Gasteiger partial charge >= 0.3 is 0 Å². The monoisotopic (exact) mass is 420 g/mol. The first-order chi connectivity index (χ1) is 13.1. The highest BCUT2D eigenvalue weighted by molar-refractivity contribution is 7.08. The second-order valence-corrected chi connectivity index (χ2v) is 9.75. The number of ketones is 1. The van der Waals surface area contributed by atoms with Gasteiger partial charge in [0, 0.05) is 17.5 Å². The summed E-state index contributed by atoms with van der Waals surface area (Å²) in [5.41, 5.74) is 0.132. The lowest BCUT2D eigenvalue weighted by Crippen LogP contribution is -2.41. The van der Waals surface area contributed by atoms with Crippen molar-refractivity contribution in [1.82, 2.24) is 9.88 Å². The van der Waals surface area contributed by atoms with Crippen molar-refractivity contribution in [2.75, 3.05) is 0 Å². The molecule has 1 atom stereocenters. The maximum atomic E-state index is 12.9. The van der Waals surface area contributed by atoms with Crippen LogP contribution in [0, 0.1) is 5.41 Å². The summed E-state index contributed by atoms with van der Waals surface area (Å²) < 4.78 is 2.42. The number of aromatic nitrogens is 1. The van der Waals surface area contributed by atoms with E-state index in [1.54, 1.807) is 17.4 Å². The predicted molar refractivity (Wildman–Crippen MR) is 117 cm³/mol. The van der Waals surface area contributed by atoms with Crippen LogP contribution in [-0.2, 0) is 16.1 Å². The molecule has 0 spiro atoms. The van der Waals surface area contributed by atoms with E-state index in [1.807, 2.05) is 44.5 Å². The quantitative estimate of drug-likeness (QED) is 0.748. The van der Waals surface area contributed by atoms with Crippen molar-refractivity contribution in [3.63, 3.8) is 0 Å². The molecular formula is C21H28N2O3S2.